The minimum absolute atomic E-state index is 0.820. The Hall–Kier alpha value is -0.123. The van der Waals surface area contributed by atoms with Crippen LogP contribution in [0.2, 0.25) is 6.55 Å². The van der Waals surface area contributed by atoms with Crippen LogP contribution in [-0.2, 0) is 8.85 Å². The van der Waals surface area contributed by atoms with Crippen molar-refractivity contribution in [3.05, 3.63) is 12.3 Å². The highest BCUT2D eigenvalue weighted by atomic mass is 28.4. The predicted molar refractivity (Wildman–Crippen MR) is 105 cm³/mol. The van der Waals surface area contributed by atoms with Gasteiger partial charge in [0.05, 0.1) is 0 Å². The van der Waals surface area contributed by atoms with Crippen molar-refractivity contribution in [2.75, 3.05) is 13.2 Å². The van der Waals surface area contributed by atoms with Gasteiger partial charge in [-0.05, 0) is 25.1 Å². The summed E-state index contributed by atoms with van der Waals surface area (Å²) in [6, 6.07) is 0. The Morgan fingerprint density at radius 2 is 1.00 bits per heavy atom. The fourth-order valence-corrected chi connectivity index (χ4v) is 4.07. The fraction of sp³-hybridized carbons (Fsp3) is 0.900. The summed E-state index contributed by atoms with van der Waals surface area (Å²) in [6.07, 6.45) is 17.2. The van der Waals surface area contributed by atoms with Gasteiger partial charge < -0.3 is 8.85 Å². The van der Waals surface area contributed by atoms with Crippen LogP contribution < -0.4 is 0 Å². The van der Waals surface area contributed by atoms with E-state index < -0.39 is 8.56 Å². The largest absolute Gasteiger partial charge is 0.391 e. The molecule has 0 radical (unpaired) electrons. The molecule has 0 saturated carbocycles. The first-order chi connectivity index (χ1) is 11.2. The van der Waals surface area contributed by atoms with Gasteiger partial charge in [-0.2, -0.15) is 0 Å². The number of rotatable bonds is 18. The Kier molecular flexibility index (Phi) is 16.6. The molecule has 138 valence electrons. The van der Waals surface area contributed by atoms with E-state index in [0.717, 1.165) is 26.1 Å². The topological polar surface area (TPSA) is 18.5 Å². The van der Waals surface area contributed by atoms with Crippen LogP contribution in [0.1, 0.15) is 97.3 Å². The Morgan fingerprint density at radius 1 is 0.652 bits per heavy atom. The second-order valence-electron chi connectivity index (χ2n) is 6.81. The SMILES string of the molecule is C=C[Si](C)(OCCCCC)OCCCCCCCCCCCC. The van der Waals surface area contributed by atoms with Gasteiger partial charge >= 0.3 is 8.56 Å². The molecule has 0 aromatic carbocycles. The van der Waals surface area contributed by atoms with Gasteiger partial charge in [0, 0.05) is 13.2 Å². The van der Waals surface area contributed by atoms with E-state index in [1.165, 1.54) is 70.6 Å². The molecule has 0 saturated heterocycles. The molecule has 1 unspecified atom stereocenters. The smallest absolute Gasteiger partial charge is 0.361 e. The van der Waals surface area contributed by atoms with Gasteiger partial charge in [0.15, 0.2) is 0 Å². The molecule has 0 amide bonds. The van der Waals surface area contributed by atoms with Gasteiger partial charge in [0.1, 0.15) is 0 Å². The quantitative estimate of drug-likeness (QED) is 0.199. The minimum Gasteiger partial charge on any atom is -0.391 e. The summed E-state index contributed by atoms with van der Waals surface area (Å²) in [5.74, 6) is 0. The van der Waals surface area contributed by atoms with E-state index >= 15 is 0 Å². The van der Waals surface area contributed by atoms with Crippen LogP contribution in [0.5, 0.6) is 0 Å². The maximum absolute atomic E-state index is 6.03. The summed E-state index contributed by atoms with van der Waals surface area (Å²) in [4.78, 5) is 0. The van der Waals surface area contributed by atoms with Crippen molar-refractivity contribution >= 4 is 8.56 Å². The first kappa shape index (κ1) is 22.9. The number of unbranched alkanes of at least 4 members (excludes halogenated alkanes) is 11. The number of hydrogen-bond donors (Lipinski definition) is 0. The van der Waals surface area contributed by atoms with Crippen molar-refractivity contribution in [1.29, 1.82) is 0 Å². The van der Waals surface area contributed by atoms with E-state index in [0.29, 0.717) is 0 Å². The van der Waals surface area contributed by atoms with E-state index in [4.69, 9.17) is 8.85 Å². The minimum atomic E-state index is -2.10. The molecule has 1 atom stereocenters. The van der Waals surface area contributed by atoms with Gasteiger partial charge in [-0.15, -0.1) is 6.58 Å². The van der Waals surface area contributed by atoms with Crippen molar-refractivity contribution in [2.45, 2.75) is 104 Å². The molecular formula is C20H42O2Si. The lowest BCUT2D eigenvalue weighted by atomic mass is 10.1. The maximum Gasteiger partial charge on any atom is 0.361 e. The van der Waals surface area contributed by atoms with Crippen molar-refractivity contribution in [3.63, 3.8) is 0 Å². The standard InChI is InChI=1S/C20H42O2Si/c1-5-8-10-11-12-13-14-15-16-18-20-22-23(4,7-3)21-19-17-9-6-2/h7H,3,5-6,8-20H2,1-2,4H3. The van der Waals surface area contributed by atoms with Crippen LogP contribution in [0.4, 0.5) is 0 Å². The Balaban J connectivity index is 3.44. The van der Waals surface area contributed by atoms with Crippen molar-refractivity contribution in [3.8, 4) is 0 Å². The van der Waals surface area contributed by atoms with Crippen LogP contribution in [0.15, 0.2) is 12.3 Å². The van der Waals surface area contributed by atoms with E-state index in [-0.39, 0.29) is 0 Å². The highest BCUT2D eigenvalue weighted by molar-refractivity contribution is 6.71. The first-order valence-corrected chi connectivity index (χ1v) is 12.5. The van der Waals surface area contributed by atoms with E-state index in [9.17, 15) is 0 Å². The van der Waals surface area contributed by atoms with Crippen molar-refractivity contribution in [1.82, 2.24) is 0 Å². The molecule has 0 aliphatic heterocycles. The highest BCUT2D eigenvalue weighted by Crippen LogP contribution is 2.13. The summed E-state index contributed by atoms with van der Waals surface area (Å²) in [7, 11) is -2.10. The second kappa shape index (κ2) is 16.7. The molecule has 23 heavy (non-hydrogen) atoms. The third-order valence-corrected chi connectivity index (χ3v) is 6.69. The molecule has 2 nitrogen and oxygen atoms in total. The molecule has 0 N–H and O–H groups in total. The van der Waals surface area contributed by atoms with E-state index in [1.807, 2.05) is 5.70 Å². The molecule has 0 aliphatic carbocycles. The molecule has 0 bridgehead atoms. The van der Waals surface area contributed by atoms with Gasteiger partial charge in [-0.3, -0.25) is 0 Å². The van der Waals surface area contributed by atoms with Gasteiger partial charge in [0.2, 0.25) is 0 Å². The first-order valence-electron chi connectivity index (χ1n) is 10.1. The van der Waals surface area contributed by atoms with E-state index in [2.05, 4.69) is 27.0 Å². The maximum atomic E-state index is 6.03. The van der Waals surface area contributed by atoms with Crippen molar-refractivity contribution < 1.29 is 8.85 Å². The molecule has 0 aliphatic rings. The Labute approximate surface area is 147 Å². The summed E-state index contributed by atoms with van der Waals surface area (Å²) < 4.78 is 12.0. The second-order valence-corrected chi connectivity index (χ2v) is 9.82. The third-order valence-electron chi connectivity index (χ3n) is 4.39. The van der Waals surface area contributed by atoms with Crippen molar-refractivity contribution in [2.24, 2.45) is 0 Å². The van der Waals surface area contributed by atoms with Crippen LogP contribution in [0.25, 0.3) is 0 Å². The van der Waals surface area contributed by atoms with Crippen LogP contribution >= 0.6 is 0 Å². The molecule has 3 heteroatoms. The summed E-state index contributed by atoms with van der Waals surface area (Å²) in [5, 5.41) is 0. The summed E-state index contributed by atoms with van der Waals surface area (Å²) >= 11 is 0. The van der Waals surface area contributed by atoms with Gasteiger partial charge in [0.25, 0.3) is 0 Å². The average molecular weight is 343 g/mol. The zero-order chi connectivity index (χ0) is 17.2. The Morgan fingerprint density at radius 3 is 1.43 bits per heavy atom. The normalized spacial score (nSPS) is 13.9. The van der Waals surface area contributed by atoms with E-state index in [1.54, 1.807) is 0 Å². The third kappa shape index (κ3) is 15.2. The van der Waals surface area contributed by atoms with Crippen LogP contribution in [0, 0.1) is 0 Å². The molecule has 0 aromatic rings. The summed E-state index contributed by atoms with van der Waals surface area (Å²) in [6.45, 7) is 12.2. The molecular weight excluding hydrogens is 300 g/mol. The number of hydrogen-bond acceptors (Lipinski definition) is 2. The fourth-order valence-electron chi connectivity index (χ4n) is 2.65. The monoisotopic (exact) mass is 342 g/mol. The lowest BCUT2D eigenvalue weighted by Gasteiger charge is -2.23. The Bertz CT molecular complexity index is 258. The molecule has 0 heterocycles. The predicted octanol–water partition coefficient (Wildman–Crippen LogP) is 6.93. The molecule has 0 aromatic heterocycles. The average Bonchev–Trinajstić information content (AvgIpc) is 2.56. The molecule has 0 fully saturated rings. The van der Waals surface area contributed by atoms with Crippen LogP contribution in [0.3, 0.4) is 0 Å². The van der Waals surface area contributed by atoms with Gasteiger partial charge in [-0.1, -0.05) is 84.5 Å². The lowest BCUT2D eigenvalue weighted by molar-refractivity contribution is 0.178. The van der Waals surface area contributed by atoms with Crippen LogP contribution in [-0.4, -0.2) is 21.8 Å². The summed E-state index contributed by atoms with van der Waals surface area (Å²) in [5.41, 5.74) is 1.93. The zero-order valence-corrected chi connectivity index (χ0v) is 17.2. The molecule has 0 spiro atoms. The highest BCUT2D eigenvalue weighted by Gasteiger charge is 2.26. The molecule has 0 rings (SSSR count). The zero-order valence-electron chi connectivity index (χ0n) is 16.2. The van der Waals surface area contributed by atoms with Gasteiger partial charge in [-0.25, -0.2) is 0 Å². The lowest BCUT2D eigenvalue weighted by Crippen LogP contribution is -2.37.